The molecule has 0 spiro atoms. The molecule has 0 aromatic carbocycles. The Labute approximate surface area is 117 Å². The molecule has 1 saturated carbocycles. The third-order valence-electron chi connectivity index (χ3n) is 4.06. The maximum atomic E-state index is 6.43. The van der Waals surface area contributed by atoms with Crippen LogP contribution in [-0.2, 0) is 9.47 Å². The van der Waals surface area contributed by atoms with E-state index in [-0.39, 0.29) is 0 Å². The highest BCUT2D eigenvalue weighted by Gasteiger charge is 2.46. The van der Waals surface area contributed by atoms with Crippen LogP contribution in [0.4, 0.5) is 0 Å². The van der Waals surface area contributed by atoms with Crippen molar-refractivity contribution in [2.24, 2.45) is 11.8 Å². The highest BCUT2D eigenvalue weighted by atomic mass is 35.5. The number of unbranched alkanes of at least 4 members (excludes halogenated alkanes) is 5. The van der Waals surface area contributed by atoms with Crippen LogP contribution in [0.3, 0.4) is 0 Å². The molecule has 1 rings (SSSR count). The summed E-state index contributed by atoms with van der Waals surface area (Å²) in [6, 6.07) is 0. The van der Waals surface area contributed by atoms with Gasteiger partial charge in [-0.1, -0.05) is 57.0 Å². The first-order valence-electron chi connectivity index (χ1n) is 7.47. The van der Waals surface area contributed by atoms with E-state index in [1.807, 2.05) is 0 Å². The van der Waals surface area contributed by atoms with E-state index in [1.54, 1.807) is 14.2 Å². The van der Waals surface area contributed by atoms with E-state index >= 15 is 0 Å². The van der Waals surface area contributed by atoms with Gasteiger partial charge < -0.3 is 9.47 Å². The lowest BCUT2D eigenvalue weighted by atomic mass is 9.94. The molecular weight excluding hydrogens is 248 g/mol. The summed E-state index contributed by atoms with van der Waals surface area (Å²) in [4.78, 5) is 0. The Morgan fingerprint density at radius 3 is 2.11 bits per heavy atom. The molecule has 0 radical (unpaired) electrons. The van der Waals surface area contributed by atoms with Gasteiger partial charge >= 0.3 is 0 Å². The van der Waals surface area contributed by atoms with Crippen molar-refractivity contribution in [3.8, 4) is 0 Å². The molecule has 0 aromatic heterocycles. The number of hydrogen-bond acceptors (Lipinski definition) is 2. The standard InChI is InChI=1S/C15H29ClO2/c1-4-5-6-7-8-9-10-14(13-11-12-13)15(16,17-2)18-3/h13-14H,4-12H2,1-3H3. The number of halogens is 1. The summed E-state index contributed by atoms with van der Waals surface area (Å²) in [6.07, 6.45) is 11.6. The number of alkyl halides is 1. The van der Waals surface area contributed by atoms with Crippen LogP contribution in [0.25, 0.3) is 0 Å². The summed E-state index contributed by atoms with van der Waals surface area (Å²) in [6.45, 7) is 2.25. The lowest BCUT2D eigenvalue weighted by molar-refractivity contribution is -0.182. The van der Waals surface area contributed by atoms with Crippen LogP contribution in [0.2, 0.25) is 0 Å². The van der Waals surface area contributed by atoms with Gasteiger partial charge in [-0.05, 0) is 25.2 Å². The molecule has 18 heavy (non-hydrogen) atoms. The van der Waals surface area contributed by atoms with E-state index in [0.717, 1.165) is 6.42 Å². The van der Waals surface area contributed by atoms with Gasteiger partial charge in [-0.2, -0.15) is 0 Å². The summed E-state index contributed by atoms with van der Waals surface area (Å²) < 4.78 is 10.8. The van der Waals surface area contributed by atoms with Crippen LogP contribution in [0.1, 0.15) is 64.7 Å². The van der Waals surface area contributed by atoms with E-state index in [1.165, 1.54) is 51.4 Å². The van der Waals surface area contributed by atoms with Crippen molar-refractivity contribution < 1.29 is 9.47 Å². The van der Waals surface area contributed by atoms with Gasteiger partial charge in [0.2, 0.25) is 0 Å². The summed E-state index contributed by atoms with van der Waals surface area (Å²) in [5.41, 5.74) is 0. The van der Waals surface area contributed by atoms with Crippen LogP contribution >= 0.6 is 11.6 Å². The molecule has 1 fully saturated rings. The molecule has 2 nitrogen and oxygen atoms in total. The Morgan fingerprint density at radius 2 is 1.61 bits per heavy atom. The lowest BCUT2D eigenvalue weighted by Crippen LogP contribution is -2.37. The number of methoxy groups -OCH3 is 2. The van der Waals surface area contributed by atoms with Crippen molar-refractivity contribution in [3.05, 3.63) is 0 Å². The fourth-order valence-electron chi connectivity index (χ4n) is 2.72. The smallest absolute Gasteiger partial charge is 0.250 e. The topological polar surface area (TPSA) is 18.5 Å². The first-order valence-corrected chi connectivity index (χ1v) is 7.85. The predicted molar refractivity (Wildman–Crippen MR) is 76.8 cm³/mol. The molecule has 1 aliphatic rings. The second-order valence-corrected chi connectivity index (χ2v) is 6.02. The number of hydrogen-bond donors (Lipinski definition) is 0. The van der Waals surface area contributed by atoms with E-state index in [0.29, 0.717) is 11.8 Å². The molecule has 0 saturated heterocycles. The molecule has 1 aliphatic carbocycles. The highest BCUT2D eigenvalue weighted by Crippen LogP contribution is 2.47. The minimum Gasteiger partial charge on any atom is -0.340 e. The maximum Gasteiger partial charge on any atom is 0.250 e. The molecule has 0 heterocycles. The normalized spacial score (nSPS) is 18.0. The molecule has 3 heteroatoms. The average Bonchev–Trinajstić information content (AvgIpc) is 3.21. The van der Waals surface area contributed by atoms with Crippen molar-refractivity contribution in [2.45, 2.75) is 70.0 Å². The zero-order valence-corrected chi connectivity index (χ0v) is 13.0. The Morgan fingerprint density at radius 1 is 1.06 bits per heavy atom. The quantitative estimate of drug-likeness (QED) is 0.302. The van der Waals surface area contributed by atoms with Crippen LogP contribution in [-0.4, -0.2) is 19.5 Å². The van der Waals surface area contributed by atoms with Crippen molar-refractivity contribution in [3.63, 3.8) is 0 Å². The highest BCUT2D eigenvalue weighted by molar-refractivity contribution is 6.22. The SMILES string of the molecule is CCCCCCCCC(C1CC1)C(Cl)(OC)OC. The Hall–Kier alpha value is 0.210. The molecule has 0 N–H and O–H groups in total. The molecule has 1 unspecified atom stereocenters. The Kier molecular flexibility index (Phi) is 7.59. The van der Waals surface area contributed by atoms with Gasteiger partial charge in [0, 0.05) is 20.1 Å². The van der Waals surface area contributed by atoms with Crippen LogP contribution in [0.15, 0.2) is 0 Å². The average molecular weight is 277 g/mol. The summed E-state index contributed by atoms with van der Waals surface area (Å²) in [5, 5.41) is -0.898. The van der Waals surface area contributed by atoms with Crippen LogP contribution in [0, 0.1) is 11.8 Å². The lowest BCUT2D eigenvalue weighted by Gasteiger charge is -2.32. The molecule has 0 amide bonds. The summed E-state index contributed by atoms with van der Waals surface area (Å²) in [5.74, 6) is 1.05. The Bertz CT molecular complexity index is 213. The summed E-state index contributed by atoms with van der Waals surface area (Å²) >= 11 is 6.43. The van der Waals surface area contributed by atoms with Gasteiger partial charge in [0.25, 0.3) is 5.25 Å². The van der Waals surface area contributed by atoms with Gasteiger partial charge in [0.05, 0.1) is 0 Å². The second kappa shape index (κ2) is 8.39. The van der Waals surface area contributed by atoms with E-state index in [4.69, 9.17) is 21.1 Å². The monoisotopic (exact) mass is 276 g/mol. The van der Waals surface area contributed by atoms with Crippen LogP contribution in [0.5, 0.6) is 0 Å². The molecule has 108 valence electrons. The zero-order chi connectivity index (χ0) is 13.4. The summed E-state index contributed by atoms with van der Waals surface area (Å²) in [7, 11) is 3.29. The minimum absolute atomic E-state index is 0.348. The van der Waals surface area contributed by atoms with Crippen molar-refractivity contribution in [2.75, 3.05) is 14.2 Å². The van der Waals surface area contributed by atoms with Gasteiger partial charge in [-0.3, -0.25) is 0 Å². The molecular formula is C15H29ClO2. The van der Waals surface area contributed by atoms with Crippen molar-refractivity contribution in [1.29, 1.82) is 0 Å². The number of ether oxygens (including phenoxy) is 2. The maximum absolute atomic E-state index is 6.43. The fourth-order valence-corrected chi connectivity index (χ4v) is 3.01. The predicted octanol–water partition coefficient (Wildman–Crippen LogP) is 4.95. The fraction of sp³-hybridized carbons (Fsp3) is 1.00. The van der Waals surface area contributed by atoms with Gasteiger partial charge in [-0.25, -0.2) is 0 Å². The Balaban J connectivity index is 2.26. The van der Waals surface area contributed by atoms with Crippen molar-refractivity contribution >= 4 is 11.6 Å². The molecule has 0 aromatic rings. The minimum atomic E-state index is -0.898. The second-order valence-electron chi connectivity index (χ2n) is 5.49. The first-order chi connectivity index (χ1) is 8.68. The van der Waals surface area contributed by atoms with E-state index in [9.17, 15) is 0 Å². The zero-order valence-electron chi connectivity index (χ0n) is 12.2. The van der Waals surface area contributed by atoms with Gasteiger partial charge in [0.1, 0.15) is 0 Å². The van der Waals surface area contributed by atoms with Gasteiger partial charge in [-0.15, -0.1) is 0 Å². The van der Waals surface area contributed by atoms with E-state index in [2.05, 4.69) is 6.92 Å². The van der Waals surface area contributed by atoms with Crippen molar-refractivity contribution in [1.82, 2.24) is 0 Å². The number of rotatable bonds is 11. The largest absolute Gasteiger partial charge is 0.340 e. The van der Waals surface area contributed by atoms with Crippen LogP contribution < -0.4 is 0 Å². The third kappa shape index (κ3) is 5.07. The first kappa shape index (κ1) is 16.3. The molecule has 0 bridgehead atoms. The molecule has 1 atom stereocenters. The third-order valence-corrected chi connectivity index (χ3v) is 4.65. The van der Waals surface area contributed by atoms with Gasteiger partial charge in [0.15, 0.2) is 0 Å². The molecule has 0 aliphatic heterocycles. The van der Waals surface area contributed by atoms with E-state index < -0.39 is 5.25 Å².